The highest BCUT2D eigenvalue weighted by molar-refractivity contribution is 7.15. The molecule has 0 saturated carbocycles. The molecule has 0 unspecified atom stereocenters. The van der Waals surface area contributed by atoms with Crippen LogP contribution in [0.25, 0.3) is 11.1 Å². The fourth-order valence-electron chi connectivity index (χ4n) is 2.48. The molecule has 0 aliphatic rings. The summed E-state index contributed by atoms with van der Waals surface area (Å²) >= 11 is 7.47. The number of halogens is 1. The molecule has 1 heterocycles. The smallest absolute Gasteiger partial charge is 0.282 e. The highest BCUT2D eigenvalue weighted by Crippen LogP contribution is 2.31. The second-order valence-electron chi connectivity index (χ2n) is 5.93. The molecule has 0 aliphatic carbocycles. The SMILES string of the molecule is COc1cc(/C=C(/Cl)c2nnc(C(=O)NCc3ccccc3)s2)ccc1OCC#N. The third kappa shape index (κ3) is 5.56. The van der Waals surface area contributed by atoms with Crippen LogP contribution in [0.1, 0.15) is 25.9 Å². The lowest BCUT2D eigenvalue weighted by molar-refractivity contribution is 0.0950. The number of nitriles is 1. The van der Waals surface area contributed by atoms with Crippen molar-refractivity contribution in [1.29, 1.82) is 5.26 Å². The zero-order valence-corrected chi connectivity index (χ0v) is 17.5. The van der Waals surface area contributed by atoms with Crippen molar-refractivity contribution in [2.45, 2.75) is 6.54 Å². The molecular formula is C21H17ClN4O3S. The van der Waals surface area contributed by atoms with Crippen molar-refractivity contribution < 1.29 is 14.3 Å². The number of amides is 1. The fraction of sp³-hybridized carbons (Fsp3) is 0.143. The van der Waals surface area contributed by atoms with Crippen LogP contribution in [0, 0.1) is 11.3 Å². The predicted octanol–water partition coefficient (Wildman–Crippen LogP) is 4.12. The Balaban J connectivity index is 1.69. The number of aromatic nitrogens is 2. The molecular weight excluding hydrogens is 424 g/mol. The molecule has 0 spiro atoms. The van der Waals surface area contributed by atoms with Gasteiger partial charge in [-0.1, -0.05) is 59.3 Å². The van der Waals surface area contributed by atoms with Gasteiger partial charge in [-0.3, -0.25) is 4.79 Å². The van der Waals surface area contributed by atoms with Crippen molar-refractivity contribution in [2.24, 2.45) is 0 Å². The molecule has 3 aromatic rings. The number of hydrogen-bond acceptors (Lipinski definition) is 7. The van der Waals surface area contributed by atoms with Crippen molar-refractivity contribution in [3.63, 3.8) is 0 Å². The molecule has 1 N–H and O–H groups in total. The summed E-state index contributed by atoms with van der Waals surface area (Å²) in [5, 5.41) is 20.4. The van der Waals surface area contributed by atoms with Crippen molar-refractivity contribution >= 4 is 40.0 Å². The maximum Gasteiger partial charge on any atom is 0.282 e. The third-order valence-electron chi connectivity index (χ3n) is 3.89. The average Bonchev–Trinajstić information content (AvgIpc) is 3.28. The summed E-state index contributed by atoms with van der Waals surface area (Å²) in [5.74, 6) is 0.620. The average molecular weight is 441 g/mol. The molecule has 0 saturated heterocycles. The third-order valence-corrected chi connectivity index (χ3v) is 5.25. The molecule has 0 fully saturated rings. The van der Waals surface area contributed by atoms with E-state index in [1.165, 1.54) is 7.11 Å². The Morgan fingerprint density at radius 2 is 1.97 bits per heavy atom. The maximum atomic E-state index is 12.3. The number of carbonyl (C=O) groups excluding carboxylic acids is 1. The minimum absolute atomic E-state index is 0.0772. The Hall–Kier alpha value is -3.41. The van der Waals surface area contributed by atoms with Crippen LogP contribution in [0.2, 0.25) is 0 Å². The van der Waals surface area contributed by atoms with E-state index in [9.17, 15) is 4.79 Å². The van der Waals surface area contributed by atoms with E-state index in [1.54, 1.807) is 24.3 Å². The molecule has 9 heteroatoms. The lowest BCUT2D eigenvalue weighted by Gasteiger charge is -2.09. The van der Waals surface area contributed by atoms with E-state index >= 15 is 0 Å². The molecule has 0 radical (unpaired) electrons. The quantitative estimate of drug-likeness (QED) is 0.566. The standard InChI is InChI=1S/C21H17ClN4O3S/c1-28-18-12-15(7-8-17(18)29-10-9-23)11-16(22)20-25-26-21(30-20)19(27)24-13-14-5-3-2-4-6-14/h2-8,11-12H,10,13H2,1H3,(H,24,27)/b16-11+. The van der Waals surface area contributed by atoms with E-state index in [-0.39, 0.29) is 17.5 Å². The first-order chi connectivity index (χ1) is 14.6. The highest BCUT2D eigenvalue weighted by Gasteiger charge is 2.15. The summed E-state index contributed by atoms with van der Waals surface area (Å²) in [6.07, 6.45) is 1.68. The lowest BCUT2D eigenvalue weighted by atomic mass is 10.2. The molecule has 1 amide bonds. The van der Waals surface area contributed by atoms with Crippen molar-refractivity contribution in [3.8, 4) is 17.6 Å². The Morgan fingerprint density at radius 1 is 1.20 bits per heavy atom. The molecule has 2 aromatic carbocycles. The summed E-state index contributed by atoms with van der Waals surface area (Å²) in [5.41, 5.74) is 1.73. The van der Waals surface area contributed by atoms with Crippen LogP contribution in [0.5, 0.6) is 11.5 Å². The monoisotopic (exact) mass is 440 g/mol. The van der Waals surface area contributed by atoms with Crippen LogP contribution in [-0.4, -0.2) is 29.8 Å². The summed E-state index contributed by atoms with van der Waals surface area (Å²) in [6.45, 7) is 0.324. The van der Waals surface area contributed by atoms with E-state index in [1.807, 2.05) is 36.4 Å². The number of methoxy groups -OCH3 is 1. The minimum Gasteiger partial charge on any atom is -0.493 e. The van der Waals surface area contributed by atoms with E-state index in [0.717, 1.165) is 22.5 Å². The van der Waals surface area contributed by atoms with Gasteiger partial charge in [-0.2, -0.15) is 5.26 Å². The van der Waals surface area contributed by atoms with Gasteiger partial charge < -0.3 is 14.8 Å². The van der Waals surface area contributed by atoms with E-state index in [4.69, 9.17) is 26.3 Å². The lowest BCUT2D eigenvalue weighted by Crippen LogP contribution is -2.22. The van der Waals surface area contributed by atoms with Gasteiger partial charge in [-0.05, 0) is 29.3 Å². The van der Waals surface area contributed by atoms with Crippen LogP contribution >= 0.6 is 22.9 Å². The van der Waals surface area contributed by atoms with Crippen LogP contribution in [-0.2, 0) is 6.54 Å². The normalized spacial score (nSPS) is 10.9. The Morgan fingerprint density at radius 3 is 2.70 bits per heavy atom. The predicted molar refractivity (Wildman–Crippen MR) is 115 cm³/mol. The van der Waals surface area contributed by atoms with Crippen LogP contribution in [0.15, 0.2) is 48.5 Å². The van der Waals surface area contributed by atoms with Gasteiger partial charge in [0.1, 0.15) is 6.07 Å². The van der Waals surface area contributed by atoms with E-state index in [2.05, 4.69) is 15.5 Å². The Labute approximate surface area is 182 Å². The van der Waals surface area contributed by atoms with Gasteiger partial charge in [0.2, 0.25) is 5.01 Å². The molecule has 1 aromatic heterocycles. The number of carbonyl (C=O) groups is 1. The first kappa shape index (κ1) is 21.3. The topological polar surface area (TPSA) is 97.1 Å². The van der Waals surface area contributed by atoms with Gasteiger partial charge in [-0.25, -0.2) is 0 Å². The number of hydrogen-bond donors (Lipinski definition) is 1. The van der Waals surface area contributed by atoms with Gasteiger partial charge in [0.05, 0.1) is 12.1 Å². The molecule has 30 heavy (non-hydrogen) atoms. The van der Waals surface area contributed by atoms with E-state index < -0.39 is 0 Å². The Kier molecular flexibility index (Phi) is 7.38. The van der Waals surface area contributed by atoms with Gasteiger partial charge in [0, 0.05) is 6.54 Å². The summed E-state index contributed by atoms with van der Waals surface area (Å²) in [6, 6.07) is 16.7. The molecule has 3 rings (SSSR count). The molecule has 0 aliphatic heterocycles. The number of ether oxygens (including phenoxy) is 2. The van der Waals surface area contributed by atoms with Gasteiger partial charge >= 0.3 is 0 Å². The largest absolute Gasteiger partial charge is 0.493 e. The molecule has 0 bridgehead atoms. The fourth-order valence-corrected chi connectivity index (χ4v) is 3.42. The van der Waals surface area contributed by atoms with Crippen molar-refractivity contribution in [2.75, 3.05) is 13.7 Å². The Bertz CT molecular complexity index is 1090. The van der Waals surface area contributed by atoms with Gasteiger partial charge in [-0.15, -0.1) is 10.2 Å². The van der Waals surface area contributed by atoms with Crippen LogP contribution < -0.4 is 14.8 Å². The van der Waals surface area contributed by atoms with Gasteiger partial charge in [0.25, 0.3) is 5.91 Å². The first-order valence-electron chi connectivity index (χ1n) is 8.81. The molecule has 7 nitrogen and oxygen atoms in total. The summed E-state index contributed by atoms with van der Waals surface area (Å²) in [7, 11) is 1.51. The van der Waals surface area contributed by atoms with Crippen molar-refractivity contribution in [3.05, 3.63) is 69.7 Å². The van der Waals surface area contributed by atoms with E-state index in [0.29, 0.717) is 28.1 Å². The number of rotatable bonds is 8. The number of nitrogens with one attached hydrogen (secondary N) is 1. The second-order valence-corrected chi connectivity index (χ2v) is 7.31. The van der Waals surface area contributed by atoms with Gasteiger partial charge in [0.15, 0.2) is 23.1 Å². The zero-order valence-electron chi connectivity index (χ0n) is 16.0. The highest BCUT2D eigenvalue weighted by atomic mass is 35.5. The van der Waals surface area contributed by atoms with Crippen molar-refractivity contribution in [1.82, 2.24) is 15.5 Å². The summed E-state index contributed by atoms with van der Waals surface area (Å²) in [4.78, 5) is 12.3. The minimum atomic E-state index is -0.312. The molecule has 0 atom stereocenters. The zero-order chi connectivity index (χ0) is 21.3. The second kappa shape index (κ2) is 10.4. The maximum absolute atomic E-state index is 12.3. The number of nitrogens with zero attached hydrogens (tertiary/aromatic N) is 3. The summed E-state index contributed by atoms with van der Waals surface area (Å²) < 4.78 is 10.6. The number of benzene rings is 2. The molecule has 152 valence electrons. The van der Waals surface area contributed by atoms with Crippen LogP contribution in [0.3, 0.4) is 0 Å². The first-order valence-corrected chi connectivity index (χ1v) is 10.0. The van der Waals surface area contributed by atoms with Crippen LogP contribution in [0.4, 0.5) is 0 Å².